The maximum atomic E-state index is 14.4. The standard InChI is InChI=1S/C29H32FN5O4/c1-28(18-39-19-28)26(36)33-9-7-29(8-10-33)17-34(24-5-3-21(4-6-24)22-14-31-32-15-22)27(37)35(29)16-20-11-23(30)13-25(12-20)38-2/h3-6,11-15H,7-10,16-19H2,1-2H3,(H,31,32). The molecular weight excluding hydrogens is 501 g/mol. The third kappa shape index (κ3) is 4.52. The molecule has 4 heterocycles. The second-order valence-corrected chi connectivity index (χ2v) is 11.1. The lowest BCUT2D eigenvalue weighted by atomic mass is 9.82. The highest BCUT2D eigenvalue weighted by atomic mass is 19.1. The molecule has 1 spiro atoms. The Hall–Kier alpha value is -3.92. The summed E-state index contributed by atoms with van der Waals surface area (Å²) in [5, 5.41) is 6.83. The highest BCUT2D eigenvalue weighted by Gasteiger charge is 2.53. The number of amides is 3. The van der Waals surface area contributed by atoms with E-state index in [1.165, 1.54) is 19.2 Å². The molecule has 1 aromatic heterocycles. The third-order valence-electron chi connectivity index (χ3n) is 8.34. The first kappa shape index (κ1) is 25.4. The Balaban J connectivity index is 1.28. The molecule has 3 fully saturated rings. The average Bonchev–Trinajstić information content (AvgIpc) is 3.56. The number of anilines is 1. The first-order valence-corrected chi connectivity index (χ1v) is 13.2. The predicted molar refractivity (Wildman–Crippen MR) is 143 cm³/mol. The van der Waals surface area contributed by atoms with Crippen LogP contribution >= 0.6 is 0 Å². The molecule has 2 aromatic carbocycles. The van der Waals surface area contributed by atoms with E-state index in [0.29, 0.717) is 57.0 Å². The van der Waals surface area contributed by atoms with Crippen LogP contribution in [0.4, 0.5) is 14.9 Å². The van der Waals surface area contributed by atoms with Gasteiger partial charge in [-0.05, 0) is 55.2 Å². The van der Waals surface area contributed by atoms with Gasteiger partial charge < -0.3 is 19.3 Å². The van der Waals surface area contributed by atoms with E-state index in [-0.39, 0.29) is 18.5 Å². The van der Waals surface area contributed by atoms with E-state index in [1.54, 1.807) is 17.2 Å². The van der Waals surface area contributed by atoms with Gasteiger partial charge in [0, 0.05) is 43.1 Å². The number of methoxy groups -OCH3 is 1. The number of halogens is 1. The molecule has 0 atom stereocenters. The number of H-pyrrole nitrogens is 1. The molecule has 0 radical (unpaired) electrons. The fourth-order valence-electron chi connectivity index (χ4n) is 5.96. The number of carbonyl (C=O) groups excluding carboxylic acids is 2. The number of rotatable bonds is 6. The monoisotopic (exact) mass is 533 g/mol. The summed E-state index contributed by atoms with van der Waals surface area (Å²) >= 11 is 0. The average molecular weight is 534 g/mol. The first-order chi connectivity index (χ1) is 18.8. The van der Waals surface area contributed by atoms with Crippen molar-refractivity contribution in [2.45, 2.75) is 31.8 Å². The molecule has 3 saturated heterocycles. The predicted octanol–water partition coefficient (Wildman–Crippen LogP) is 4.06. The number of carbonyl (C=O) groups is 2. The lowest BCUT2D eigenvalue weighted by Gasteiger charge is -2.47. The minimum atomic E-state index is -0.492. The quantitative estimate of drug-likeness (QED) is 0.516. The lowest BCUT2D eigenvalue weighted by Crippen LogP contribution is -2.59. The van der Waals surface area contributed by atoms with Crippen molar-refractivity contribution in [1.29, 1.82) is 0 Å². The Bertz CT molecular complexity index is 1360. The van der Waals surface area contributed by atoms with Gasteiger partial charge in [-0.15, -0.1) is 0 Å². The van der Waals surface area contributed by atoms with Crippen LogP contribution in [0, 0.1) is 11.2 Å². The van der Waals surface area contributed by atoms with Gasteiger partial charge in [-0.2, -0.15) is 5.10 Å². The largest absolute Gasteiger partial charge is 0.497 e. The molecule has 0 aliphatic carbocycles. The van der Waals surface area contributed by atoms with Crippen molar-refractivity contribution >= 4 is 17.6 Å². The van der Waals surface area contributed by atoms with Crippen LogP contribution in [0.25, 0.3) is 11.1 Å². The summed E-state index contributed by atoms with van der Waals surface area (Å²) in [7, 11) is 1.50. The molecule has 0 unspecified atom stereocenters. The van der Waals surface area contributed by atoms with Crippen LogP contribution in [0.15, 0.2) is 54.9 Å². The maximum Gasteiger partial charge on any atom is 0.325 e. The van der Waals surface area contributed by atoms with Gasteiger partial charge in [0.05, 0.1) is 44.0 Å². The van der Waals surface area contributed by atoms with Crippen LogP contribution in [-0.4, -0.2) is 77.4 Å². The number of nitrogens with zero attached hydrogens (tertiary/aromatic N) is 4. The SMILES string of the molecule is COc1cc(F)cc(CN2C(=O)N(c3ccc(-c4cn[nH]c4)cc3)CC23CCN(C(=O)C2(C)COC2)CC3)c1. The van der Waals surface area contributed by atoms with Crippen molar-refractivity contribution in [3.8, 4) is 16.9 Å². The van der Waals surface area contributed by atoms with Gasteiger partial charge in [-0.1, -0.05) is 12.1 Å². The Morgan fingerprint density at radius 1 is 1.13 bits per heavy atom. The number of hydrogen-bond acceptors (Lipinski definition) is 5. The Morgan fingerprint density at radius 2 is 1.87 bits per heavy atom. The van der Waals surface area contributed by atoms with E-state index < -0.39 is 16.8 Å². The number of urea groups is 1. The van der Waals surface area contributed by atoms with Crippen LogP contribution in [-0.2, 0) is 16.1 Å². The summed E-state index contributed by atoms with van der Waals surface area (Å²) in [6.07, 6.45) is 4.85. The zero-order chi connectivity index (χ0) is 27.2. The van der Waals surface area contributed by atoms with E-state index in [2.05, 4.69) is 10.2 Å². The van der Waals surface area contributed by atoms with E-state index in [4.69, 9.17) is 9.47 Å². The van der Waals surface area contributed by atoms with E-state index in [1.807, 2.05) is 47.2 Å². The van der Waals surface area contributed by atoms with Crippen LogP contribution in [0.5, 0.6) is 5.75 Å². The topological polar surface area (TPSA) is 91.0 Å². The Labute approximate surface area is 226 Å². The number of benzene rings is 2. The molecule has 3 amide bonds. The van der Waals surface area contributed by atoms with Crippen LogP contribution in [0.1, 0.15) is 25.3 Å². The fraction of sp³-hybridized carbons (Fsp3) is 0.414. The fourth-order valence-corrected chi connectivity index (χ4v) is 5.96. The van der Waals surface area contributed by atoms with Crippen molar-refractivity contribution in [3.05, 3.63) is 66.2 Å². The number of aromatic amines is 1. The molecule has 6 rings (SSSR count). The lowest BCUT2D eigenvalue weighted by molar-refractivity contribution is -0.170. The van der Waals surface area contributed by atoms with Crippen molar-refractivity contribution in [1.82, 2.24) is 20.0 Å². The minimum absolute atomic E-state index is 0.112. The van der Waals surface area contributed by atoms with Gasteiger partial charge in [0.25, 0.3) is 0 Å². The second-order valence-electron chi connectivity index (χ2n) is 11.1. The third-order valence-corrected chi connectivity index (χ3v) is 8.34. The number of aromatic nitrogens is 2. The van der Waals surface area contributed by atoms with Gasteiger partial charge in [-0.25, -0.2) is 9.18 Å². The van der Waals surface area contributed by atoms with Gasteiger partial charge in [0.2, 0.25) is 5.91 Å². The van der Waals surface area contributed by atoms with E-state index in [0.717, 1.165) is 16.8 Å². The van der Waals surface area contributed by atoms with Crippen molar-refractivity contribution in [2.24, 2.45) is 5.41 Å². The molecule has 3 aliphatic rings. The Morgan fingerprint density at radius 3 is 2.49 bits per heavy atom. The summed E-state index contributed by atoms with van der Waals surface area (Å²) in [4.78, 5) is 32.7. The van der Waals surface area contributed by atoms with Gasteiger partial charge in [0.1, 0.15) is 11.6 Å². The van der Waals surface area contributed by atoms with Gasteiger partial charge >= 0.3 is 6.03 Å². The number of piperidine rings is 1. The Kier molecular flexibility index (Phi) is 6.29. The van der Waals surface area contributed by atoms with Crippen molar-refractivity contribution in [3.63, 3.8) is 0 Å². The van der Waals surface area contributed by atoms with Crippen molar-refractivity contribution in [2.75, 3.05) is 44.9 Å². The molecule has 1 N–H and O–H groups in total. The summed E-state index contributed by atoms with van der Waals surface area (Å²) < 4.78 is 24.9. The maximum absolute atomic E-state index is 14.4. The molecular formula is C29H32FN5O4. The highest BCUT2D eigenvalue weighted by Crippen LogP contribution is 2.41. The normalized spacial score (nSPS) is 19.9. The number of likely N-dealkylation sites (tertiary alicyclic amines) is 1. The summed E-state index contributed by atoms with van der Waals surface area (Å²) in [6.45, 7) is 4.68. The number of ether oxygens (including phenoxy) is 2. The van der Waals surface area contributed by atoms with E-state index in [9.17, 15) is 14.0 Å². The number of hydrogen-bond donors (Lipinski definition) is 1. The summed E-state index contributed by atoms with van der Waals surface area (Å²) in [6, 6.07) is 12.2. The highest BCUT2D eigenvalue weighted by molar-refractivity contribution is 5.95. The van der Waals surface area contributed by atoms with Gasteiger partial charge in [0.15, 0.2) is 0 Å². The zero-order valence-electron chi connectivity index (χ0n) is 22.2. The molecule has 0 saturated carbocycles. The zero-order valence-corrected chi connectivity index (χ0v) is 22.2. The van der Waals surface area contributed by atoms with Crippen LogP contribution in [0.2, 0.25) is 0 Å². The molecule has 39 heavy (non-hydrogen) atoms. The molecule has 9 nitrogen and oxygen atoms in total. The summed E-state index contributed by atoms with van der Waals surface area (Å²) in [5.41, 5.74) is 2.47. The molecule has 0 bridgehead atoms. The van der Waals surface area contributed by atoms with Crippen LogP contribution in [0.3, 0.4) is 0 Å². The van der Waals surface area contributed by atoms with Crippen LogP contribution < -0.4 is 9.64 Å². The second kappa shape index (κ2) is 9.68. The molecule has 3 aromatic rings. The minimum Gasteiger partial charge on any atom is -0.497 e. The molecule has 3 aliphatic heterocycles. The smallest absolute Gasteiger partial charge is 0.325 e. The first-order valence-electron chi connectivity index (χ1n) is 13.2. The van der Waals surface area contributed by atoms with Gasteiger partial charge in [-0.3, -0.25) is 14.8 Å². The van der Waals surface area contributed by atoms with E-state index >= 15 is 0 Å². The number of nitrogens with one attached hydrogen (secondary N) is 1. The van der Waals surface area contributed by atoms with Crippen molar-refractivity contribution < 1.29 is 23.5 Å². The molecule has 10 heteroatoms. The molecule has 204 valence electrons. The summed E-state index contributed by atoms with van der Waals surface area (Å²) in [5.74, 6) is 0.114.